The van der Waals surface area contributed by atoms with Crippen LogP contribution in [0.2, 0.25) is 5.02 Å². The molecule has 1 atom stereocenters. The number of hydrogen-bond acceptors (Lipinski definition) is 6. The minimum Gasteiger partial charge on any atom is -0.465 e. The summed E-state index contributed by atoms with van der Waals surface area (Å²) >= 11 is 6.30. The molecular weight excluding hydrogens is 432 g/mol. The number of hydrogen-bond donors (Lipinski definition) is 0. The maximum absolute atomic E-state index is 11.8. The van der Waals surface area contributed by atoms with Crippen molar-refractivity contribution in [1.29, 1.82) is 0 Å². The van der Waals surface area contributed by atoms with Crippen LogP contribution in [0.15, 0.2) is 43.0 Å². The lowest BCUT2D eigenvalue weighted by Crippen LogP contribution is -2.18. The highest BCUT2D eigenvalue weighted by Gasteiger charge is 2.19. The summed E-state index contributed by atoms with van der Waals surface area (Å²) < 4.78 is 16.1. The molecule has 0 radical (unpaired) electrons. The van der Waals surface area contributed by atoms with Crippen LogP contribution in [0, 0.1) is 0 Å². The number of halogens is 1. The molecule has 1 aromatic carbocycles. The number of fused-ring (bicyclic) bond motifs is 1. The molecule has 1 aliphatic heterocycles. The summed E-state index contributed by atoms with van der Waals surface area (Å²) in [6.45, 7) is 2.86. The van der Waals surface area contributed by atoms with Gasteiger partial charge in [0.1, 0.15) is 12.8 Å². The van der Waals surface area contributed by atoms with Gasteiger partial charge in [-0.3, -0.25) is 9.36 Å². The Hall–Kier alpha value is -3.17. The molecule has 0 spiro atoms. The first kappa shape index (κ1) is 20.7. The van der Waals surface area contributed by atoms with E-state index < -0.39 is 0 Å². The number of aromatic nitrogens is 6. The van der Waals surface area contributed by atoms with Gasteiger partial charge in [-0.25, -0.2) is 9.36 Å². The molecule has 1 fully saturated rings. The summed E-state index contributed by atoms with van der Waals surface area (Å²) in [6.07, 6.45) is 10.7. The SMILES string of the molecule is CCOC(=O)Cn1cc(-n2cc(-c3cnn(C4CCCCO4)c3)c3ccc(Cl)cc32)nn1. The van der Waals surface area contributed by atoms with E-state index in [4.69, 9.17) is 21.1 Å². The monoisotopic (exact) mass is 454 g/mol. The fourth-order valence-corrected chi connectivity index (χ4v) is 4.17. The first-order chi connectivity index (χ1) is 15.6. The van der Waals surface area contributed by atoms with Crippen molar-refractivity contribution in [3.63, 3.8) is 0 Å². The van der Waals surface area contributed by atoms with E-state index in [1.807, 2.05) is 46.0 Å². The van der Waals surface area contributed by atoms with Crippen LogP contribution in [0.4, 0.5) is 0 Å². The molecule has 3 aromatic heterocycles. The zero-order valence-corrected chi connectivity index (χ0v) is 18.4. The quantitative estimate of drug-likeness (QED) is 0.409. The Labute approximate surface area is 189 Å². The molecular formula is C22H23ClN6O3. The lowest BCUT2D eigenvalue weighted by Gasteiger charge is -2.22. The Bertz CT molecular complexity index is 1250. The molecule has 1 aliphatic rings. The molecule has 0 N–H and O–H groups in total. The van der Waals surface area contributed by atoms with E-state index in [-0.39, 0.29) is 18.7 Å². The van der Waals surface area contributed by atoms with Crippen molar-refractivity contribution in [3.05, 3.63) is 48.0 Å². The highest BCUT2D eigenvalue weighted by molar-refractivity contribution is 6.31. The first-order valence-corrected chi connectivity index (χ1v) is 11.0. The average Bonchev–Trinajstić information content (AvgIpc) is 3.52. The molecule has 0 saturated carbocycles. The molecule has 0 aliphatic carbocycles. The van der Waals surface area contributed by atoms with Crippen LogP contribution in [0.25, 0.3) is 27.8 Å². The van der Waals surface area contributed by atoms with Gasteiger partial charge in [-0.05, 0) is 38.3 Å². The standard InChI is InChI=1S/C22H23ClN6O3/c1-2-31-22(30)14-27-13-20(25-26-27)28-12-18(17-7-6-16(23)9-19(17)28)15-10-24-29(11-15)21-5-3-4-8-32-21/h6-7,9-13,21H,2-5,8,14H2,1H3. The van der Waals surface area contributed by atoms with Crippen LogP contribution in [-0.4, -0.2) is 48.5 Å². The van der Waals surface area contributed by atoms with Crippen molar-refractivity contribution in [2.45, 2.75) is 39.0 Å². The number of esters is 1. The molecule has 0 bridgehead atoms. The molecule has 4 aromatic rings. The first-order valence-electron chi connectivity index (χ1n) is 10.6. The zero-order chi connectivity index (χ0) is 22.1. The van der Waals surface area contributed by atoms with Gasteiger partial charge in [0.2, 0.25) is 0 Å². The zero-order valence-electron chi connectivity index (χ0n) is 17.6. The second-order valence-electron chi connectivity index (χ2n) is 7.68. The van der Waals surface area contributed by atoms with Crippen molar-refractivity contribution < 1.29 is 14.3 Å². The summed E-state index contributed by atoms with van der Waals surface area (Å²) in [4.78, 5) is 11.8. The van der Waals surface area contributed by atoms with Crippen molar-refractivity contribution >= 4 is 28.5 Å². The van der Waals surface area contributed by atoms with Crippen LogP contribution >= 0.6 is 11.6 Å². The van der Waals surface area contributed by atoms with Gasteiger partial charge < -0.3 is 9.47 Å². The topological polar surface area (TPSA) is 89.0 Å². The summed E-state index contributed by atoms with van der Waals surface area (Å²) in [5.41, 5.74) is 2.86. The maximum Gasteiger partial charge on any atom is 0.327 e. The Morgan fingerprint density at radius 1 is 1.28 bits per heavy atom. The van der Waals surface area contributed by atoms with E-state index in [0.717, 1.165) is 47.9 Å². The maximum atomic E-state index is 11.8. The molecule has 10 heteroatoms. The van der Waals surface area contributed by atoms with Crippen molar-refractivity contribution in [3.8, 4) is 16.9 Å². The summed E-state index contributed by atoms with van der Waals surface area (Å²) in [5.74, 6) is 0.221. The van der Waals surface area contributed by atoms with Crippen LogP contribution in [-0.2, 0) is 20.8 Å². The Balaban J connectivity index is 1.52. The fraction of sp³-hybridized carbons (Fsp3) is 0.364. The Morgan fingerprint density at radius 3 is 3.00 bits per heavy atom. The highest BCUT2D eigenvalue weighted by Crippen LogP contribution is 2.34. The minimum absolute atomic E-state index is 0.00180. The second kappa shape index (κ2) is 8.76. The second-order valence-corrected chi connectivity index (χ2v) is 8.12. The molecule has 5 rings (SSSR count). The highest BCUT2D eigenvalue weighted by atomic mass is 35.5. The molecule has 4 heterocycles. The van der Waals surface area contributed by atoms with Crippen LogP contribution in [0.1, 0.15) is 32.4 Å². The molecule has 1 saturated heterocycles. The molecule has 32 heavy (non-hydrogen) atoms. The third-order valence-corrected chi connectivity index (χ3v) is 5.74. The predicted molar refractivity (Wildman–Crippen MR) is 119 cm³/mol. The van der Waals surface area contributed by atoms with E-state index in [1.54, 1.807) is 13.1 Å². The smallest absolute Gasteiger partial charge is 0.327 e. The molecule has 9 nitrogen and oxygen atoms in total. The van der Waals surface area contributed by atoms with Crippen molar-refractivity contribution in [2.24, 2.45) is 0 Å². The Morgan fingerprint density at radius 2 is 2.19 bits per heavy atom. The van der Waals surface area contributed by atoms with E-state index in [9.17, 15) is 4.79 Å². The lowest BCUT2D eigenvalue weighted by molar-refractivity contribution is -0.144. The predicted octanol–water partition coefficient (Wildman–Crippen LogP) is 4.00. The summed E-state index contributed by atoms with van der Waals surface area (Å²) in [7, 11) is 0. The van der Waals surface area contributed by atoms with E-state index >= 15 is 0 Å². The van der Waals surface area contributed by atoms with Crippen LogP contribution < -0.4 is 0 Å². The fourth-order valence-electron chi connectivity index (χ4n) is 4.00. The summed E-state index contributed by atoms with van der Waals surface area (Å²) in [6, 6.07) is 5.74. The third kappa shape index (κ3) is 4.01. The minimum atomic E-state index is -0.359. The number of carbonyl (C=O) groups is 1. The largest absolute Gasteiger partial charge is 0.465 e. The molecule has 1 unspecified atom stereocenters. The average molecular weight is 455 g/mol. The number of benzene rings is 1. The van der Waals surface area contributed by atoms with Gasteiger partial charge >= 0.3 is 5.97 Å². The van der Waals surface area contributed by atoms with E-state index in [0.29, 0.717) is 17.4 Å². The number of rotatable bonds is 6. The lowest BCUT2D eigenvalue weighted by atomic mass is 10.1. The van der Waals surface area contributed by atoms with Gasteiger partial charge in [-0.1, -0.05) is 22.9 Å². The molecule has 0 amide bonds. The van der Waals surface area contributed by atoms with Crippen molar-refractivity contribution in [2.75, 3.05) is 13.2 Å². The third-order valence-electron chi connectivity index (χ3n) is 5.50. The van der Waals surface area contributed by atoms with Gasteiger partial charge in [-0.15, -0.1) is 5.10 Å². The van der Waals surface area contributed by atoms with Gasteiger partial charge in [0.05, 0.1) is 24.5 Å². The van der Waals surface area contributed by atoms with E-state index in [2.05, 4.69) is 15.4 Å². The van der Waals surface area contributed by atoms with E-state index in [1.165, 1.54) is 4.68 Å². The van der Waals surface area contributed by atoms with Gasteiger partial charge in [0.25, 0.3) is 0 Å². The van der Waals surface area contributed by atoms with Gasteiger partial charge in [0, 0.05) is 40.5 Å². The molecule has 166 valence electrons. The van der Waals surface area contributed by atoms with Crippen molar-refractivity contribution in [1.82, 2.24) is 29.3 Å². The number of ether oxygens (including phenoxy) is 2. The number of nitrogens with zero attached hydrogens (tertiary/aromatic N) is 6. The normalized spacial score (nSPS) is 16.5. The van der Waals surface area contributed by atoms with Gasteiger partial charge in [-0.2, -0.15) is 5.10 Å². The Kier molecular flexibility index (Phi) is 5.67. The van der Waals surface area contributed by atoms with Crippen LogP contribution in [0.3, 0.4) is 0 Å². The number of carbonyl (C=O) groups excluding carboxylic acids is 1. The van der Waals surface area contributed by atoms with Crippen LogP contribution in [0.5, 0.6) is 0 Å². The summed E-state index contributed by atoms with van der Waals surface area (Å²) in [5, 5.41) is 14.5. The van der Waals surface area contributed by atoms with Gasteiger partial charge in [0.15, 0.2) is 5.82 Å².